The Bertz CT molecular complexity index is 490. The molecule has 1 saturated heterocycles. The number of benzene rings is 1. The van der Waals surface area contributed by atoms with Crippen molar-refractivity contribution in [1.29, 1.82) is 5.26 Å². The van der Waals surface area contributed by atoms with Crippen molar-refractivity contribution >= 4 is 12.2 Å². The van der Waals surface area contributed by atoms with Crippen molar-refractivity contribution in [2.24, 2.45) is 0 Å². The molecular weight excluding hydrogens is 216 g/mol. The zero-order valence-electron chi connectivity index (χ0n) is 9.30. The fourth-order valence-electron chi connectivity index (χ4n) is 2.07. The zero-order chi connectivity index (χ0) is 12.3. The summed E-state index contributed by atoms with van der Waals surface area (Å²) in [5, 5.41) is 8.78. The van der Waals surface area contributed by atoms with Crippen LogP contribution in [0.4, 0.5) is 0 Å². The molecule has 1 aromatic carbocycles. The average molecular weight is 228 g/mol. The highest BCUT2D eigenvalue weighted by Crippen LogP contribution is 2.19. The first-order valence-electron chi connectivity index (χ1n) is 5.52. The second kappa shape index (κ2) is 4.79. The number of carbonyl (C=O) groups excluding carboxylic acids is 2. The van der Waals surface area contributed by atoms with Gasteiger partial charge in [0.2, 0.25) is 0 Å². The Labute approximate surface area is 99.5 Å². The molecule has 86 valence electrons. The summed E-state index contributed by atoms with van der Waals surface area (Å²) in [6, 6.07) is 8.24. The summed E-state index contributed by atoms with van der Waals surface area (Å²) < 4.78 is 0. The van der Waals surface area contributed by atoms with Crippen LogP contribution in [0.1, 0.15) is 28.8 Å². The average Bonchev–Trinajstić information content (AvgIpc) is 2.86. The van der Waals surface area contributed by atoms with Crippen LogP contribution in [0.25, 0.3) is 0 Å². The van der Waals surface area contributed by atoms with Crippen LogP contribution in [-0.2, 0) is 4.79 Å². The van der Waals surface area contributed by atoms with Gasteiger partial charge in [0.15, 0.2) is 0 Å². The molecule has 1 aromatic rings. The molecule has 0 saturated carbocycles. The van der Waals surface area contributed by atoms with Gasteiger partial charge in [-0.2, -0.15) is 5.26 Å². The van der Waals surface area contributed by atoms with Gasteiger partial charge in [-0.05, 0) is 31.0 Å². The predicted octanol–water partition coefficient (Wildman–Crippen LogP) is 1.36. The Kier molecular flexibility index (Phi) is 3.20. The lowest BCUT2D eigenvalue weighted by Gasteiger charge is -2.20. The summed E-state index contributed by atoms with van der Waals surface area (Å²) >= 11 is 0. The topological polar surface area (TPSA) is 61.2 Å². The molecule has 0 bridgehead atoms. The lowest BCUT2D eigenvalue weighted by Crippen LogP contribution is -2.36. The van der Waals surface area contributed by atoms with E-state index in [1.54, 1.807) is 29.2 Å². The number of carbonyl (C=O) groups is 2. The first-order chi connectivity index (χ1) is 8.26. The molecule has 4 nitrogen and oxygen atoms in total. The van der Waals surface area contributed by atoms with Crippen molar-refractivity contribution in [3.63, 3.8) is 0 Å². The second-order valence-electron chi connectivity index (χ2n) is 4.04. The van der Waals surface area contributed by atoms with Crippen molar-refractivity contribution in [2.75, 3.05) is 6.54 Å². The maximum atomic E-state index is 12.1. The Morgan fingerprint density at radius 1 is 1.53 bits per heavy atom. The third kappa shape index (κ3) is 2.18. The van der Waals surface area contributed by atoms with Crippen LogP contribution < -0.4 is 0 Å². The fraction of sp³-hybridized carbons (Fsp3) is 0.308. The normalized spacial score (nSPS) is 18.8. The molecule has 0 aliphatic carbocycles. The molecule has 1 aliphatic rings. The number of nitriles is 1. The number of hydrogen-bond donors (Lipinski definition) is 0. The maximum Gasteiger partial charge on any atom is 0.254 e. The standard InChI is InChI=1S/C13H12N2O2/c14-8-10-3-1-4-11(7-10)13(17)15-6-2-5-12(15)9-16/h1,3-4,7,9,12H,2,5-6H2. The van der Waals surface area contributed by atoms with Crippen LogP contribution in [0.5, 0.6) is 0 Å². The third-order valence-corrected chi connectivity index (χ3v) is 2.96. The number of aldehydes is 1. The molecule has 1 unspecified atom stereocenters. The molecule has 0 aromatic heterocycles. The van der Waals surface area contributed by atoms with E-state index in [4.69, 9.17) is 5.26 Å². The number of amides is 1. The highest BCUT2D eigenvalue weighted by Gasteiger charge is 2.28. The van der Waals surface area contributed by atoms with Gasteiger partial charge in [-0.3, -0.25) is 4.79 Å². The van der Waals surface area contributed by atoms with Crippen LogP contribution in [-0.4, -0.2) is 29.7 Å². The summed E-state index contributed by atoms with van der Waals surface area (Å²) in [7, 11) is 0. The van der Waals surface area contributed by atoms with E-state index in [1.165, 1.54) is 0 Å². The summed E-state index contributed by atoms with van der Waals surface area (Å²) in [5.41, 5.74) is 0.926. The van der Waals surface area contributed by atoms with Crippen LogP contribution >= 0.6 is 0 Å². The molecule has 1 fully saturated rings. The Hall–Kier alpha value is -2.15. The zero-order valence-corrected chi connectivity index (χ0v) is 9.30. The van der Waals surface area contributed by atoms with Crippen LogP contribution in [0.3, 0.4) is 0 Å². The highest BCUT2D eigenvalue weighted by atomic mass is 16.2. The van der Waals surface area contributed by atoms with Crippen molar-refractivity contribution in [3.05, 3.63) is 35.4 Å². The first-order valence-corrected chi connectivity index (χ1v) is 5.52. The van der Waals surface area contributed by atoms with Crippen LogP contribution in [0.15, 0.2) is 24.3 Å². The predicted molar refractivity (Wildman–Crippen MR) is 61.3 cm³/mol. The van der Waals surface area contributed by atoms with Gasteiger partial charge in [-0.25, -0.2) is 0 Å². The van der Waals surface area contributed by atoms with Crippen molar-refractivity contribution < 1.29 is 9.59 Å². The SMILES string of the molecule is N#Cc1cccc(C(=O)N2CCCC2C=O)c1. The van der Waals surface area contributed by atoms with E-state index < -0.39 is 0 Å². The molecule has 1 amide bonds. The van der Waals surface area contributed by atoms with Gasteiger partial charge < -0.3 is 9.69 Å². The quantitative estimate of drug-likeness (QED) is 0.718. The Balaban J connectivity index is 2.25. The molecule has 1 aliphatic heterocycles. The molecule has 1 heterocycles. The van der Waals surface area contributed by atoms with E-state index in [9.17, 15) is 9.59 Å². The smallest absolute Gasteiger partial charge is 0.254 e. The molecule has 0 spiro atoms. The van der Waals surface area contributed by atoms with Gasteiger partial charge in [-0.1, -0.05) is 6.07 Å². The highest BCUT2D eigenvalue weighted by molar-refractivity contribution is 5.96. The van der Waals surface area contributed by atoms with Gasteiger partial charge in [0.05, 0.1) is 17.7 Å². The van der Waals surface area contributed by atoms with E-state index in [2.05, 4.69) is 0 Å². The first kappa shape index (κ1) is 11.3. The number of likely N-dealkylation sites (tertiary alicyclic amines) is 1. The van der Waals surface area contributed by atoms with Gasteiger partial charge in [0.1, 0.15) is 6.29 Å². The van der Waals surface area contributed by atoms with Gasteiger partial charge in [0.25, 0.3) is 5.91 Å². The van der Waals surface area contributed by atoms with E-state index in [0.29, 0.717) is 17.7 Å². The molecule has 1 atom stereocenters. The molecule has 2 rings (SSSR count). The third-order valence-electron chi connectivity index (χ3n) is 2.96. The lowest BCUT2D eigenvalue weighted by molar-refractivity contribution is -0.111. The van der Waals surface area contributed by atoms with Gasteiger partial charge in [0, 0.05) is 12.1 Å². The number of rotatable bonds is 2. The molecule has 4 heteroatoms. The van der Waals surface area contributed by atoms with E-state index >= 15 is 0 Å². The summed E-state index contributed by atoms with van der Waals surface area (Å²) in [4.78, 5) is 24.5. The van der Waals surface area contributed by atoms with E-state index in [0.717, 1.165) is 19.1 Å². The second-order valence-corrected chi connectivity index (χ2v) is 4.04. The number of nitrogens with zero attached hydrogens (tertiary/aromatic N) is 2. The monoisotopic (exact) mass is 228 g/mol. The maximum absolute atomic E-state index is 12.1. The van der Waals surface area contributed by atoms with Crippen molar-refractivity contribution in [2.45, 2.75) is 18.9 Å². The van der Waals surface area contributed by atoms with Gasteiger partial charge >= 0.3 is 0 Å². The van der Waals surface area contributed by atoms with Gasteiger partial charge in [-0.15, -0.1) is 0 Å². The Morgan fingerprint density at radius 3 is 3.06 bits per heavy atom. The van der Waals surface area contributed by atoms with E-state index in [1.807, 2.05) is 6.07 Å². The summed E-state index contributed by atoms with van der Waals surface area (Å²) in [6.45, 7) is 0.610. The lowest BCUT2D eigenvalue weighted by atomic mass is 10.1. The molecule has 0 N–H and O–H groups in total. The Morgan fingerprint density at radius 2 is 2.35 bits per heavy atom. The van der Waals surface area contributed by atoms with Crippen molar-refractivity contribution in [3.8, 4) is 6.07 Å². The van der Waals surface area contributed by atoms with Crippen LogP contribution in [0.2, 0.25) is 0 Å². The molecular formula is C13H12N2O2. The minimum Gasteiger partial charge on any atom is -0.329 e. The van der Waals surface area contributed by atoms with E-state index in [-0.39, 0.29) is 11.9 Å². The summed E-state index contributed by atoms with van der Waals surface area (Å²) in [6.07, 6.45) is 2.40. The van der Waals surface area contributed by atoms with Crippen molar-refractivity contribution in [1.82, 2.24) is 4.90 Å². The molecule has 17 heavy (non-hydrogen) atoms. The molecule has 0 radical (unpaired) electrons. The van der Waals surface area contributed by atoms with Crippen LogP contribution in [0, 0.1) is 11.3 Å². The summed E-state index contributed by atoms with van der Waals surface area (Å²) in [5.74, 6) is -0.170. The minimum absolute atomic E-state index is 0.170. The minimum atomic E-state index is -0.312. The largest absolute Gasteiger partial charge is 0.329 e. The fourth-order valence-corrected chi connectivity index (χ4v) is 2.07. The number of hydrogen-bond acceptors (Lipinski definition) is 3.